The van der Waals surface area contributed by atoms with Crippen molar-refractivity contribution >= 4 is 23.4 Å². The van der Waals surface area contributed by atoms with Gasteiger partial charge in [-0.25, -0.2) is 0 Å². The summed E-state index contributed by atoms with van der Waals surface area (Å²) in [5.41, 5.74) is 0.827. The third kappa shape index (κ3) is 4.56. The molecule has 0 saturated heterocycles. The van der Waals surface area contributed by atoms with Gasteiger partial charge in [-0.15, -0.1) is 0 Å². The van der Waals surface area contributed by atoms with Gasteiger partial charge in [0.1, 0.15) is 6.04 Å². The van der Waals surface area contributed by atoms with Crippen molar-refractivity contribution in [2.75, 3.05) is 6.54 Å². The fourth-order valence-corrected chi connectivity index (χ4v) is 2.09. The van der Waals surface area contributed by atoms with Gasteiger partial charge < -0.3 is 15.2 Å². The number of benzene rings is 1. The number of carbonyl (C=O) groups excluding carboxylic acids is 2. The molecule has 0 fully saturated rings. The molecule has 23 heavy (non-hydrogen) atoms. The van der Waals surface area contributed by atoms with Crippen LogP contribution in [0.15, 0.2) is 34.9 Å². The van der Waals surface area contributed by atoms with E-state index in [1.54, 1.807) is 31.2 Å². The molecule has 0 saturated carbocycles. The van der Waals surface area contributed by atoms with Gasteiger partial charge in [0.15, 0.2) is 11.5 Å². The minimum Gasteiger partial charge on any atom is -0.355 e. The number of hydrogen-bond donors (Lipinski definition) is 2. The minimum absolute atomic E-state index is 0.107. The van der Waals surface area contributed by atoms with Crippen LogP contribution in [0, 0.1) is 0 Å². The molecule has 0 aliphatic carbocycles. The third-order valence-corrected chi connectivity index (χ3v) is 3.38. The second kappa shape index (κ2) is 7.78. The van der Waals surface area contributed by atoms with Crippen molar-refractivity contribution in [3.8, 4) is 11.3 Å². The number of nitrogens with zero attached hydrogens (tertiary/aromatic N) is 1. The molecule has 0 aliphatic rings. The highest BCUT2D eigenvalue weighted by molar-refractivity contribution is 6.30. The lowest BCUT2D eigenvalue weighted by molar-refractivity contribution is -0.122. The lowest BCUT2D eigenvalue weighted by Crippen LogP contribution is -2.45. The summed E-state index contributed by atoms with van der Waals surface area (Å²) in [6, 6.07) is 7.89. The van der Waals surface area contributed by atoms with Crippen molar-refractivity contribution < 1.29 is 14.1 Å². The summed E-state index contributed by atoms with van der Waals surface area (Å²) in [5, 5.41) is 9.59. The van der Waals surface area contributed by atoms with E-state index in [0.29, 0.717) is 17.3 Å². The third-order valence-electron chi connectivity index (χ3n) is 3.14. The van der Waals surface area contributed by atoms with Gasteiger partial charge in [-0.2, -0.15) is 0 Å². The van der Waals surface area contributed by atoms with Crippen molar-refractivity contribution in [2.45, 2.75) is 26.3 Å². The molecule has 1 heterocycles. The maximum absolute atomic E-state index is 12.1. The first-order valence-corrected chi connectivity index (χ1v) is 7.70. The van der Waals surface area contributed by atoms with Gasteiger partial charge >= 0.3 is 0 Å². The van der Waals surface area contributed by atoms with Crippen LogP contribution in [0.4, 0.5) is 0 Å². The molecule has 2 amide bonds. The average molecular weight is 336 g/mol. The Bertz CT molecular complexity index is 699. The van der Waals surface area contributed by atoms with E-state index >= 15 is 0 Å². The van der Waals surface area contributed by atoms with E-state index in [1.165, 1.54) is 6.07 Å². The number of amides is 2. The van der Waals surface area contributed by atoms with Gasteiger partial charge in [0.2, 0.25) is 5.91 Å². The summed E-state index contributed by atoms with van der Waals surface area (Å²) in [5.74, 6) is -0.277. The zero-order chi connectivity index (χ0) is 16.8. The highest BCUT2D eigenvalue weighted by Gasteiger charge is 2.19. The average Bonchev–Trinajstić information content (AvgIpc) is 3.02. The Morgan fingerprint density at radius 1 is 1.35 bits per heavy atom. The summed E-state index contributed by atoms with van der Waals surface area (Å²) in [7, 11) is 0. The molecule has 6 nitrogen and oxygen atoms in total. The predicted octanol–water partition coefficient (Wildman–Crippen LogP) is 2.64. The van der Waals surface area contributed by atoms with Crippen LogP contribution < -0.4 is 10.6 Å². The molecule has 1 atom stereocenters. The van der Waals surface area contributed by atoms with Gasteiger partial charge in [0, 0.05) is 23.2 Å². The molecule has 1 aromatic carbocycles. The van der Waals surface area contributed by atoms with E-state index in [2.05, 4.69) is 15.8 Å². The van der Waals surface area contributed by atoms with Gasteiger partial charge in [-0.1, -0.05) is 35.8 Å². The molecule has 0 radical (unpaired) electrons. The number of nitrogens with one attached hydrogen (secondary N) is 2. The van der Waals surface area contributed by atoms with E-state index in [4.69, 9.17) is 16.1 Å². The van der Waals surface area contributed by atoms with Crippen LogP contribution in [0.25, 0.3) is 11.3 Å². The molecular formula is C16H18ClN3O3. The van der Waals surface area contributed by atoms with Crippen LogP contribution in [0.2, 0.25) is 5.02 Å². The summed E-state index contributed by atoms with van der Waals surface area (Å²) in [4.78, 5) is 23.9. The molecule has 0 spiro atoms. The fourth-order valence-electron chi connectivity index (χ4n) is 1.90. The largest absolute Gasteiger partial charge is 0.355 e. The predicted molar refractivity (Wildman–Crippen MR) is 87.2 cm³/mol. The van der Waals surface area contributed by atoms with Crippen LogP contribution in [0.3, 0.4) is 0 Å². The molecule has 2 rings (SSSR count). The standard InChI is InChI=1S/C16H18ClN3O3/c1-3-7-18-15(21)10(2)19-16(22)13-9-14(23-20-13)11-5-4-6-12(17)8-11/h4-6,8-10H,3,7H2,1-2H3,(H,18,21)(H,19,22). The Hall–Kier alpha value is -2.34. The molecule has 1 aromatic heterocycles. The van der Waals surface area contributed by atoms with Crippen molar-refractivity contribution in [2.24, 2.45) is 0 Å². The highest BCUT2D eigenvalue weighted by atomic mass is 35.5. The first-order valence-electron chi connectivity index (χ1n) is 7.32. The summed E-state index contributed by atoms with van der Waals surface area (Å²) in [6.45, 7) is 4.14. The SMILES string of the molecule is CCCNC(=O)C(C)NC(=O)c1cc(-c2cccc(Cl)c2)on1. The second-order valence-electron chi connectivity index (χ2n) is 5.07. The van der Waals surface area contributed by atoms with Crippen LogP contribution in [-0.4, -0.2) is 29.6 Å². The highest BCUT2D eigenvalue weighted by Crippen LogP contribution is 2.23. The van der Waals surface area contributed by atoms with Crippen LogP contribution >= 0.6 is 11.6 Å². The summed E-state index contributed by atoms with van der Waals surface area (Å²) in [6.07, 6.45) is 0.832. The molecule has 122 valence electrons. The first kappa shape index (κ1) is 17.0. The Balaban J connectivity index is 2.02. The van der Waals surface area contributed by atoms with Crippen molar-refractivity contribution in [1.29, 1.82) is 0 Å². The van der Waals surface area contributed by atoms with Gasteiger partial charge in [0.05, 0.1) is 0 Å². The topological polar surface area (TPSA) is 84.2 Å². The van der Waals surface area contributed by atoms with Crippen LogP contribution in [0.1, 0.15) is 30.8 Å². The Kier molecular flexibility index (Phi) is 5.76. The van der Waals surface area contributed by atoms with Gasteiger partial charge in [-0.3, -0.25) is 9.59 Å². The molecular weight excluding hydrogens is 318 g/mol. The zero-order valence-electron chi connectivity index (χ0n) is 12.9. The van der Waals surface area contributed by atoms with E-state index < -0.39 is 11.9 Å². The molecule has 7 heteroatoms. The monoisotopic (exact) mass is 335 g/mol. The second-order valence-corrected chi connectivity index (χ2v) is 5.51. The Labute approximate surface area is 139 Å². The maximum Gasteiger partial charge on any atom is 0.274 e. The lowest BCUT2D eigenvalue weighted by atomic mass is 10.1. The van der Waals surface area contributed by atoms with E-state index in [-0.39, 0.29) is 11.6 Å². The summed E-state index contributed by atoms with van der Waals surface area (Å²) >= 11 is 5.92. The van der Waals surface area contributed by atoms with Crippen molar-refractivity contribution in [3.05, 3.63) is 41.0 Å². The maximum atomic E-state index is 12.1. The smallest absolute Gasteiger partial charge is 0.274 e. The zero-order valence-corrected chi connectivity index (χ0v) is 13.7. The minimum atomic E-state index is -0.652. The Morgan fingerprint density at radius 2 is 2.13 bits per heavy atom. The molecule has 0 bridgehead atoms. The van der Waals surface area contributed by atoms with E-state index in [1.807, 2.05) is 6.92 Å². The summed E-state index contributed by atoms with van der Waals surface area (Å²) < 4.78 is 5.16. The lowest BCUT2D eigenvalue weighted by Gasteiger charge is -2.12. The van der Waals surface area contributed by atoms with Crippen molar-refractivity contribution in [3.63, 3.8) is 0 Å². The molecule has 0 aliphatic heterocycles. The first-order chi connectivity index (χ1) is 11.0. The number of halogens is 1. The van der Waals surface area contributed by atoms with Crippen LogP contribution in [-0.2, 0) is 4.79 Å². The fraction of sp³-hybridized carbons (Fsp3) is 0.312. The molecule has 2 aromatic rings. The van der Waals surface area contributed by atoms with E-state index in [0.717, 1.165) is 12.0 Å². The van der Waals surface area contributed by atoms with Gasteiger partial charge in [0.25, 0.3) is 5.91 Å². The number of aromatic nitrogens is 1. The number of rotatable bonds is 6. The molecule has 2 N–H and O–H groups in total. The van der Waals surface area contributed by atoms with Crippen molar-refractivity contribution in [1.82, 2.24) is 15.8 Å². The Morgan fingerprint density at radius 3 is 2.83 bits per heavy atom. The van der Waals surface area contributed by atoms with Gasteiger partial charge in [-0.05, 0) is 25.5 Å². The normalized spacial score (nSPS) is 11.8. The van der Waals surface area contributed by atoms with Crippen LogP contribution in [0.5, 0.6) is 0 Å². The quantitative estimate of drug-likeness (QED) is 0.850. The molecule has 1 unspecified atom stereocenters. The number of hydrogen-bond acceptors (Lipinski definition) is 4. The number of carbonyl (C=O) groups is 2. The van der Waals surface area contributed by atoms with E-state index in [9.17, 15) is 9.59 Å².